The highest BCUT2D eigenvalue weighted by Gasteiger charge is 2.27. The van der Waals surface area contributed by atoms with Gasteiger partial charge in [-0.3, -0.25) is 0 Å². The minimum absolute atomic E-state index is 0.339. The van der Waals surface area contributed by atoms with E-state index in [2.05, 4.69) is 30.8 Å². The summed E-state index contributed by atoms with van der Waals surface area (Å²) in [6, 6.07) is 0.656. The Balaban J connectivity index is 2.34. The number of rotatable bonds is 4. The van der Waals surface area contributed by atoms with E-state index < -0.39 is 0 Å². The number of oxime groups is 1. The molecule has 1 aliphatic rings. The second-order valence-electron chi connectivity index (χ2n) is 5.25. The third-order valence-corrected chi connectivity index (χ3v) is 3.73. The molecule has 0 spiro atoms. The molecule has 3 unspecified atom stereocenters. The zero-order valence-corrected chi connectivity index (χ0v) is 10.7. The lowest BCUT2D eigenvalue weighted by atomic mass is 9.86. The number of hydrogen-bond acceptors (Lipinski definition) is 3. The Hall–Kier alpha value is -0.770. The maximum atomic E-state index is 8.46. The first-order valence-electron chi connectivity index (χ1n) is 6.25. The minimum Gasteiger partial charge on any atom is -0.409 e. The molecule has 0 aromatic rings. The van der Waals surface area contributed by atoms with Crippen LogP contribution >= 0.6 is 0 Å². The van der Waals surface area contributed by atoms with Crippen LogP contribution in [0.2, 0.25) is 0 Å². The molecule has 0 aromatic carbocycles. The highest BCUT2D eigenvalue weighted by molar-refractivity contribution is 5.79. The number of nitrogens with zero attached hydrogens (tertiary/aromatic N) is 2. The number of piperidine rings is 1. The summed E-state index contributed by atoms with van der Waals surface area (Å²) in [5, 5.41) is 11.5. The van der Waals surface area contributed by atoms with Crippen molar-refractivity contribution in [1.29, 1.82) is 0 Å². The first-order valence-corrected chi connectivity index (χ1v) is 6.25. The maximum absolute atomic E-state index is 8.46. The van der Waals surface area contributed by atoms with Gasteiger partial charge in [0, 0.05) is 19.0 Å². The molecule has 1 heterocycles. The van der Waals surface area contributed by atoms with E-state index in [4.69, 9.17) is 10.9 Å². The van der Waals surface area contributed by atoms with Crippen molar-refractivity contribution >= 4 is 5.84 Å². The maximum Gasteiger partial charge on any atom is 0.139 e. The van der Waals surface area contributed by atoms with Crippen LogP contribution in [0.25, 0.3) is 0 Å². The molecule has 1 rings (SSSR count). The third kappa shape index (κ3) is 3.67. The standard InChI is InChI=1S/C12H25N3O/c1-9-7-10(2)11(3)15(8-9)6-4-5-12(13)14-16/h9-11,16H,4-8H2,1-3H3,(H2,13,14). The summed E-state index contributed by atoms with van der Waals surface area (Å²) in [5.41, 5.74) is 5.46. The van der Waals surface area contributed by atoms with Crippen molar-refractivity contribution in [3.63, 3.8) is 0 Å². The lowest BCUT2D eigenvalue weighted by Crippen LogP contribution is -2.46. The van der Waals surface area contributed by atoms with Crippen LogP contribution < -0.4 is 5.73 Å². The monoisotopic (exact) mass is 227 g/mol. The minimum atomic E-state index is 0.339. The van der Waals surface area contributed by atoms with Crippen LogP contribution in [0.15, 0.2) is 5.16 Å². The van der Waals surface area contributed by atoms with E-state index in [1.54, 1.807) is 0 Å². The molecule has 3 atom stereocenters. The SMILES string of the molecule is CC1CC(C)C(C)N(CCCC(N)=NO)C1. The van der Waals surface area contributed by atoms with E-state index in [1.807, 2.05) is 0 Å². The van der Waals surface area contributed by atoms with Crippen molar-refractivity contribution in [1.82, 2.24) is 4.90 Å². The summed E-state index contributed by atoms with van der Waals surface area (Å²) in [7, 11) is 0. The first-order chi connectivity index (χ1) is 7.54. The molecule has 16 heavy (non-hydrogen) atoms. The fraction of sp³-hybridized carbons (Fsp3) is 0.917. The Kier molecular flexibility index (Phi) is 5.06. The van der Waals surface area contributed by atoms with Gasteiger partial charge >= 0.3 is 0 Å². The second kappa shape index (κ2) is 6.09. The topological polar surface area (TPSA) is 61.8 Å². The van der Waals surface area contributed by atoms with E-state index >= 15 is 0 Å². The van der Waals surface area contributed by atoms with E-state index in [-0.39, 0.29) is 0 Å². The Morgan fingerprint density at radius 1 is 1.44 bits per heavy atom. The summed E-state index contributed by atoms with van der Waals surface area (Å²) < 4.78 is 0. The normalized spacial score (nSPS) is 32.9. The zero-order chi connectivity index (χ0) is 12.1. The van der Waals surface area contributed by atoms with Crippen molar-refractivity contribution in [2.75, 3.05) is 13.1 Å². The highest BCUT2D eigenvalue weighted by Crippen LogP contribution is 2.26. The molecule has 4 nitrogen and oxygen atoms in total. The van der Waals surface area contributed by atoms with Crippen molar-refractivity contribution in [2.45, 2.75) is 46.1 Å². The van der Waals surface area contributed by atoms with Crippen LogP contribution in [0.3, 0.4) is 0 Å². The van der Waals surface area contributed by atoms with Crippen molar-refractivity contribution in [3.05, 3.63) is 0 Å². The van der Waals surface area contributed by atoms with Gasteiger partial charge in [0.15, 0.2) is 0 Å². The smallest absolute Gasteiger partial charge is 0.139 e. The molecule has 0 bridgehead atoms. The molecule has 0 aromatic heterocycles. The zero-order valence-electron chi connectivity index (χ0n) is 10.7. The van der Waals surface area contributed by atoms with E-state index in [0.717, 1.165) is 24.8 Å². The molecule has 1 fully saturated rings. The highest BCUT2D eigenvalue weighted by atomic mass is 16.4. The summed E-state index contributed by atoms with van der Waals surface area (Å²) in [6.45, 7) is 9.18. The van der Waals surface area contributed by atoms with Crippen molar-refractivity contribution < 1.29 is 5.21 Å². The van der Waals surface area contributed by atoms with Gasteiger partial charge in [-0.15, -0.1) is 0 Å². The molecule has 1 saturated heterocycles. The van der Waals surface area contributed by atoms with Gasteiger partial charge in [-0.1, -0.05) is 19.0 Å². The Bertz CT molecular complexity index is 242. The fourth-order valence-corrected chi connectivity index (χ4v) is 2.64. The van der Waals surface area contributed by atoms with Gasteiger partial charge in [0.25, 0.3) is 0 Å². The van der Waals surface area contributed by atoms with Crippen LogP contribution in [0.5, 0.6) is 0 Å². The molecule has 0 aliphatic carbocycles. The molecule has 3 N–H and O–H groups in total. The van der Waals surface area contributed by atoms with E-state index in [9.17, 15) is 0 Å². The Morgan fingerprint density at radius 2 is 2.12 bits per heavy atom. The lowest BCUT2D eigenvalue weighted by Gasteiger charge is -2.41. The number of nitrogens with two attached hydrogens (primary N) is 1. The van der Waals surface area contributed by atoms with Crippen molar-refractivity contribution in [3.8, 4) is 0 Å². The molecule has 94 valence electrons. The van der Waals surface area contributed by atoms with E-state index in [1.165, 1.54) is 13.0 Å². The number of likely N-dealkylation sites (tertiary alicyclic amines) is 1. The van der Waals surface area contributed by atoms with E-state index in [0.29, 0.717) is 18.3 Å². The largest absolute Gasteiger partial charge is 0.409 e. The predicted molar refractivity (Wildman–Crippen MR) is 66.6 cm³/mol. The van der Waals surface area contributed by atoms with Crippen LogP contribution in [0.1, 0.15) is 40.0 Å². The fourth-order valence-electron chi connectivity index (χ4n) is 2.64. The number of hydrogen-bond donors (Lipinski definition) is 2. The predicted octanol–water partition coefficient (Wildman–Crippen LogP) is 1.88. The molecule has 0 saturated carbocycles. The van der Waals surface area contributed by atoms with Gasteiger partial charge in [0.1, 0.15) is 5.84 Å². The average molecular weight is 227 g/mol. The van der Waals surface area contributed by atoms with Gasteiger partial charge in [-0.25, -0.2) is 0 Å². The van der Waals surface area contributed by atoms with Crippen LogP contribution in [-0.4, -0.2) is 35.1 Å². The van der Waals surface area contributed by atoms with Crippen LogP contribution in [0.4, 0.5) is 0 Å². The van der Waals surface area contributed by atoms with Crippen molar-refractivity contribution in [2.24, 2.45) is 22.7 Å². The van der Waals surface area contributed by atoms with Crippen LogP contribution in [-0.2, 0) is 0 Å². The molecular formula is C12H25N3O. The van der Waals surface area contributed by atoms with Gasteiger partial charge in [0.05, 0.1) is 0 Å². The lowest BCUT2D eigenvalue weighted by molar-refractivity contribution is 0.0792. The summed E-state index contributed by atoms with van der Waals surface area (Å²) in [4.78, 5) is 2.53. The molecule has 0 amide bonds. The second-order valence-corrected chi connectivity index (χ2v) is 5.25. The van der Waals surface area contributed by atoms with Gasteiger partial charge in [-0.2, -0.15) is 0 Å². The third-order valence-electron chi connectivity index (χ3n) is 3.73. The molecule has 1 aliphatic heterocycles. The summed E-state index contributed by atoms with van der Waals surface area (Å²) in [6.07, 6.45) is 2.99. The van der Waals surface area contributed by atoms with Gasteiger partial charge in [-0.05, 0) is 38.1 Å². The van der Waals surface area contributed by atoms with Crippen LogP contribution in [0, 0.1) is 11.8 Å². The average Bonchev–Trinajstić information content (AvgIpc) is 2.24. The van der Waals surface area contributed by atoms with Gasteiger partial charge < -0.3 is 15.8 Å². The molecular weight excluding hydrogens is 202 g/mol. The summed E-state index contributed by atoms with van der Waals surface area (Å²) in [5.74, 6) is 1.90. The first kappa shape index (κ1) is 13.3. The Morgan fingerprint density at radius 3 is 2.75 bits per heavy atom. The summed E-state index contributed by atoms with van der Waals surface area (Å²) >= 11 is 0. The number of amidine groups is 1. The molecule has 4 heteroatoms. The Labute approximate surface area is 98.5 Å². The molecule has 0 radical (unpaired) electrons. The van der Waals surface area contributed by atoms with Gasteiger partial charge in [0.2, 0.25) is 0 Å². The quantitative estimate of drug-likeness (QED) is 0.333.